The van der Waals surface area contributed by atoms with Gasteiger partial charge in [0, 0.05) is 18.8 Å². The van der Waals surface area contributed by atoms with E-state index in [1.165, 1.54) is 49.0 Å². The van der Waals surface area contributed by atoms with Gasteiger partial charge in [-0.2, -0.15) is 0 Å². The molecule has 1 atom stereocenters. The molecule has 1 aliphatic heterocycles. The summed E-state index contributed by atoms with van der Waals surface area (Å²) in [6.45, 7) is 5.71. The number of benzene rings is 1. The molecular weight excluding hydrogens is 220 g/mol. The first-order valence-electron chi connectivity index (χ1n) is 7.40. The first-order valence-corrected chi connectivity index (χ1v) is 7.40. The summed E-state index contributed by atoms with van der Waals surface area (Å²) in [6, 6.07) is 6.67. The highest BCUT2D eigenvalue weighted by Gasteiger charge is 2.27. The van der Waals surface area contributed by atoms with Crippen molar-refractivity contribution in [2.45, 2.75) is 39.2 Å². The Hall–Kier alpha value is -1.02. The van der Waals surface area contributed by atoms with E-state index in [1.807, 2.05) is 0 Å². The maximum Gasteiger partial charge on any atom is 0.0375 e. The van der Waals surface area contributed by atoms with Crippen LogP contribution in [-0.4, -0.2) is 13.1 Å². The van der Waals surface area contributed by atoms with Gasteiger partial charge in [0.2, 0.25) is 0 Å². The molecule has 1 aromatic rings. The van der Waals surface area contributed by atoms with Crippen molar-refractivity contribution in [1.29, 1.82) is 0 Å². The average molecular weight is 244 g/mol. The van der Waals surface area contributed by atoms with Crippen LogP contribution in [-0.2, 0) is 13.0 Å². The smallest absolute Gasteiger partial charge is 0.0375 e. The molecule has 18 heavy (non-hydrogen) atoms. The highest BCUT2D eigenvalue weighted by Crippen LogP contribution is 2.36. The fraction of sp³-hybridized carbons (Fsp3) is 0.625. The molecule has 0 radical (unpaired) electrons. The monoisotopic (exact) mass is 244 g/mol. The fourth-order valence-electron chi connectivity index (χ4n) is 3.02. The van der Waals surface area contributed by atoms with Gasteiger partial charge in [-0.05, 0) is 61.3 Å². The van der Waals surface area contributed by atoms with E-state index in [2.05, 4.69) is 35.8 Å². The molecule has 2 N–H and O–H groups in total. The first-order chi connectivity index (χ1) is 8.84. The van der Waals surface area contributed by atoms with E-state index >= 15 is 0 Å². The van der Waals surface area contributed by atoms with Crippen LogP contribution in [0.3, 0.4) is 0 Å². The SMILES string of the molecule is CC(CNCc1cccc2c1CCCN2)C1CC1. The van der Waals surface area contributed by atoms with Crippen LogP contribution in [0.4, 0.5) is 5.69 Å². The molecule has 1 fully saturated rings. The predicted molar refractivity (Wildman–Crippen MR) is 76.8 cm³/mol. The largest absolute Gasteiger partial charge is 0.385 e. The summed E-state index contributed by atoms with van der Waals surface area (Å²) in [5, 5.41) is 7.15. The lowest BCUT2D eigenvalue weighted by atomic mass is 9.97. The number of fused-ring (bicyclic) bond motifs is 1. The number of hydrogen-bond donors (Lipinski definition) is 2. The predicted octanol–water partition coefficient (Wildman–Crippen LogP) is 3.18. The van der Waals surface area contributed by atoms with Gasteiger partial charge in [-0.1, -0.05) is 19.1 Å². The van der Waals surface area contributed by atoms with E-state index in [4.69, 9.17) is 0 Å². The van der Waals surface area contributed by atoms with Gasteiger partial charge in [0.25, 0.3) is 0 Å². The number of anilines is 1. The minimum atomic E-state index is 0.850. The van der Waals surface area contributed by atoms with E-state index in [-0.39, 0.29) is 0 Å². The quantitative estimate of drug-likeness (QED) is 0.831. The van der Waals surface area contributed by atoms with Crippen LogP contribution in [0.15, 0.2) is 18.2 Å². The van der Waals surface area contributed by atoms with Crippen molar-refractivity contribution in [3.8, 4) is 0 Å². The van der Waals surface area contributed by atoms with Crippen molar-refractivity contribution in [3.05, 3.63) is 29.3 Å². The highest BCUT2D eigenvalue weighted by atomic mass is 14.9. The highest BCUT2D eigenvalue weighted by molar-refractivity contribution is 5.56. The Kier molecular flexibility index (Phi) is 3.55. The Morgan fingerprint density at radius 2 is 2.28 bits per heavy atom. The molecule has 1 saturated carbocycles. The second-order valence-corrected chi connectivity index (χ2v) is 5.92. The van der Waals surface area contributed by atoms with Gasteiger partial charge in [0.15, 0.2) is 0 Å². The third kappa shape index (κ3) is 2.69. The lowest BCUT2D eigenvalue weighted by Gasteiger charge is -2.21. The van der Waals surface area contributed by atoms with Crippen LogP contribution in [0.25, 0.3) is 0 Å². The second kappa shape index (κ2) is 5.31. The molecule has 2 heteroatoms. The molecule has 98 valence electrons. The summed E-state index contributed by atoms with van der Waals surface area (Å²) < 4.78 is 0. The van der Waals surface area contributed by atoms with E-state index in [9.17, 15) is 0 Å². The summed E-state index contributed by atoms with van der Waals surface area (Å²) in [6.07, 6.45) is 5.40. The molecule has 1 unspecified atom stereocenters. The summed E-state index contributed by atoms with van der Waals surface area (Å²) in [5.41, 5.74) is 4.38. The molecule has 2 aliphatic rings. The zero-order valence-corrected chi connectivity index (χ0v) is 11.3. The maximum atomic E-state index is 3.65. The molecule has 3 rings (SSSR count). The Labute approximate surface area is 110 Å². The lowest BCUT2D eigenvalue weighted by molar-refractivity contribution is 0.461. The average Bonchev–Trinajstić information content (AvgIpc) is 3.23. The summed E-state index contributed by atoms with van der Waals surface area (Å²) in [7, 11) is 0. The van der Waals surface area contributed by atoms with Gasteiger partial charge in [-0.3, -0.25) is 0 Å². The minimum absolute atomic E-state index is 0.850. The van der Waals surface area contributed by atoms with Crippen molar-refractivity contribution in [3.63, 3.8) is 0 Å². The summed E-state index contributed by atoms with van der Waals surface area (Å²) >= 11 is 0. The first kappa shape index (κ1) is 12.0. The van der Waals surface area contributed by atoms with E-state index < -0.39 is 0 Å². The molecule has 1 aromatic carbocycles. The van der Waals surface area contributed by atoms with E-state index in [1.54, 1.807) is 0 Å². The molecule has 0 spiro atoms. The van der Waals surface area contributed by atoms with Crippen LogP contribution < -0.4 is 10.6 Å². The van der Waals surface area contributed by atoms with Crippen LogP contribution in [0, 0.1) is 11.8 Å². The normalized spacial score (nSPS) is 20.1. The van der Waals surface area contributed by atoms with Crippen molar-refractivity contribution >= 4 is 5.69 Å². The standard InChI is InChI=1S/C16H24N2/c1-12(13-7-8-13)10-17-11-14-4-2-6-16-15(14)5-3-9-18-16/h2,4,6,12-13,17-18H,3,5,7-11H2,1H3. The summed E-state index contributed by atoms with van der Waals surface area (Å²) in [5.74, 6) is 1.85. The number of nitrogens with one attached hydrogen (secondary N) is 2. The molecule has 0 saturated heterocycles. The van der Waals surface area contributed by atoms with Crippen LogP contribution in [0.2, 0.25) is 0 Å². The third-order valence-corrected chi connectivity index (χ3v) is 4.40. The van der Waals surface area contributed by atoms with Crippen molar-refractivity contribution in [2.75, 3.05) is 18.4 Å². The van der Waals surface area contributed by atoms with Crippen molar-refractivity contribution < 1.29 is 0 Å². The van der Waals surface area contributed by atoms with Gasteiger partial charge in [-0.25, -0.2) is 0 Å². The minimum Gasteiger partial charge on any atom is -0.385 e. The zero-order chi connectivity index (χ0) is 12.4. The van der Waals surface area contributed by atoms with E-state index in [0.717, 1.165) is 24.9 Å². The molecular formula is C16H24N2. The van der Waals surface area contributed by atoms with Crippen LogP contribution >= 0.6 is 0 Å². The van der Waals surface area contributed by atoms with Gasteiger partial charge in [-0.15, -0.1) is 0 Å². The second-order valence-electron chi connectivity index (χ2n) is 5.92. The van der Waals surface area contributed by atoms with Crippen molar-refractivity contribution in [2.24, 2.45) is 11.8 Å². The van der Waals surface area contributed by atoms with Gasteiger partial charge in [0.1, 0.15) is 0 Å². The van der Waals surface area contributed by atoms with Gasteiger partial charge < -0.3 is 10.6 Å². The lowest BCUT2D eigenvalue weighted by Crippen LogP contribution is -2.23. The van der Waals surface area contributed by atoms with Crippen LogP contribution in [0.1, 0.15) is 37.3 Å². The maximum absolute atomic E-state index is 3.65. The summed E-state index contributed by atoms with van der Waals surface area (Å²) in [4.78, 5) is 0. The van der Waals surface area contributed by atoms with E-state index in [0.29, 0.717) is 0 Å². The Bertz CT molecular complexity index is 410. The number of rotatable bonds is 5. The van der Waals surface area contributed by atoms with Gasteiger partial charge in [0.05, 0.1) is 0 Å². The van der Waals surface area contributed by atoms with Crippen molar-refractivity contribution in [1.82, 2.24) is 5.32 Å². The molecule has 2 nitrogen and oxygen atoms in total. The molecule has 0 amide bonds. The molecule has 1 heterocycles. The molecule has 0 bridgehead atoms. The van der Waals surface area contributed by atoms with Crippen LogP contribution in [0.5, 0.6) is 0 Å². The fourth-order valence-corrected chi connectivity index (χ4v) is 3.02. The Morgan fingerprint density at radius 3 is 3.11 bits per heavy atom. The molecule has 0 aromatic heterocycles. The topological polar surface area (TPSA) is 24.1 Å². The Morgan fingerprint density at radius 1 is 1.39 bits per heavy atom. The third-order valence-electron chi connectivity index (χ3n) is 4.40. The zero-order valence-electron chi connectivity index (χ0n) is 11.3. The number of hydrogen-bond acceptors (Lipinski definition) is 2. The van der Waals surface area contributed by atoms with Gasteiger partial charge >= 0.3 is 0 Å². The molecule has 1 aliphatic carbocycles. The Balaban J connectivity index is 1.58.